The molecule has 29 heavy (non-hydrogen) atoms. The summed E-state index contributed by atoms with van der Waals surface area (Å²) in [6, 6.07) is 9.99. The fourth-order valence-corrected chi connectivity index (χ4v) is 2.28. The minimum atomic E-state index is -4.42. The van der Waals surface area contributed by atoms with Crippen LogP contribution in [0.5, 0.6) is 5.75 Å². The summed E-state index contributed by atoms with van der Waals surface area (Å²) >= 11 is 0. The SMILES string of the molecule is CC(NC(=O)NCC(=O)Nc1cccc(F)c1)c1ccc(OCC(F)(F)F)cc1. The standard InChI is InChI=1S/C19H19F4N3O3/c1-12(13-5-7-16(8-6-13)29-11-19(21,22)23)25-18(28)24-10-17(27)26-15-4-2-3-14(20)9-15/h2-9,12H,10-11H2,1H3,(H,26,27)(H2,24,25,28). The predicted molar refractivity (Wildman–Crippen MR) is 98.0 cm³/mol. The Morgan fingerprint density at radius 3 is 2.41 bits per heavy atom. The molecule has 0 aliphatic heterocycles. The van der Waals surface area contributed by atoms with Gasteiger partial charge in [0.2, 0.25) is 5.91 Å². The number of hydrogen-bond donors (Lipinski definition) is 3. The number of rotatable bonds is 7. The Bertz CT molecular complexity index is 841. The summed E-state index contributed by atoms with van der Waals surface area (Å²) in [5.41, 5.74) is 0.891. The van der Waals surface area contributed by atoms with E-state index >= 15 is 0 Å². The van der Waals surface area contributed by atoms with Crippen LogP contribution in [0.2, 0.25) is 0 Å². The van der Waals surface area contributed by atoms with Gasteiger partial charge < -0.3 is 20.7 Å². The van der Waals surface area contributed by atoms with E-state index < -0.39 is 36.6 Å². The van der Waals surface area contributed by atoms with Crippen molar-refractivity contribution in [3.05, 3.63) is 59.9 Å². The van der Waals surface area contributed by atoms with E-state index in [1.807, 2.05) is 0 Å². The van der Waals surface area contributed by atoms with Gasteiger partial charge >= 0.3 is 12.2 Å². The molecule has 0 heterocycles. The topological polar surface area (TPSA) is 79.5 Å². The summed E-state index contributed by atoms with van der Waals surface area (Å²) in [6.07, 6.45) is -4.42. The molecule has 2 rings (SSSR count). The largest absolute Gasteiger partial charge is 0.484 e. The van der Waals surface area contributed by atoms with E-state index in [4.69, 9.17) is 0 Å². The average molecular weight is 413 g/mol. The third kappa shape index (κ3) is 8.08. The maximum absolute atomic E-state index is 13.1. The molecule has 10 heteroatoms. The highest BCUT2D eigenvalue weighted by molar-refractivity contribution is 5.94. The van der Waals surface area contributed by atoms with Gasteiger partial charge in [-0.2, -0.15) is 13.2 Å². The second kappa shape index (κ2) is 9.76. The zero-order valence-electron chi connectivity index (χ0n) is 15.3. The van der Waals surface area contributed by atoms with Crippen molar-refractivity contribution < 1.29 is 31.9 Å². The van der Waals surface area contributed by atoms with Crippen molar-refractivity contribution in [1.29, 1.82) is 0 Å². The third-order valence-electron chi connectivity index (χ3n) is 3.65. The van der Waals surface area contributed by atoms with Crippen molar-refractivity contribution >= 4 is 17.6 Å². The van der Waals surface area contributed by atoms with Gasteiger partial charge in [-0.3, -0.25) is 4.79 Å². The van der Waals surface area contributed by atoms with Gasteiger partial charge in [0, 0.05) is 5.69 Å². The molecule has 0 spiro atoms. The maximum Gasteiger partial charge on any atom is 0.422 e. The summed E-state index contributed by atoms with van der Waals surface area (Å²) in [6.45, 7) is -0.0580. The predicted octanol–water partition coefficient (Wildman–Crippen LogP) is 3.77. The van der Waals surface area contributed by atoms with Crippen LogP contribution in [0, 0.1) is 5.82 Å². The highest BCUT2D eigenvalue weighted by atomic mass is 19.4. The van der Waals surface area contributed by atoms with Gasteiger partial charge in [-0.05, 0) is 42.8 Å². The molecule has 0 aliphatic carbocycles. The van der Waals surface area contributed by atoms with Crippen molar-refractivity contribution in [3.8, 4) is 5.75 Å². The van der Waals surface area contributed by atoms with Crippen LogP contribution in [-0.4, -0.2) is 31.3 Å². The zero-order valence-corrected chi connectivity index (χ0v) is 15.3. The first-order chi connectivity index (χ1) is 13.6. The zero-order chi connectivity index (χ0) is 21.4. The number of urea groups is 1. The average Bonchev–Trinajstić information content (AvgIpc) is 2.64. The van der Waals surface area contributed by atoms with Crippen LogP contribution in [0.1, 0.15) is 18.5 Å². The van der Waals surface area contributed by atoms with Crippen molar-refractivity contribution in [3.63, 3.8) is 0 Å². The number of alkyl halides is 3. The highest BCUT2D eigenvalue weighted by Gasteiger charge is 2.28. The van der Waals surface area contributed by atoms with E-state index in [1.165, 1.54) is 42.5 Å². The number of ether oxygens (including phenoxy) is 1. The lowest BCUT2D eigenvalue weighted by atomic mass is 10.1. The molecule has 0 fully saturated rings. The molecule has 3 N–H and O–H groups in total. The first kappa shape index (κ1) is 22.0. The van der Waals surface area contributed by atoms with E-state index in [0.717, 1.165) is 6.07 Å². The first-order valence-corrected chi connectivity index (χ1v) is 8.52. The van der Waals surface area contributed by atoms with Gasteiger partial charge in [0.1, 0.15) is 11.6 Å². The van der Waals surface area contributed by atoms with Gasteiger partial charge in [0.25, 0.3) is 0 Å². The molecule has 0 radical (unpaired) electrons. The quantitative estimate of drug-likeness (QED) is 0.605. The maximum atomic E-state index is 13.1. The summed E-state index contributed by atoms with van der Waals surface area (Å²) in [5, 5.41) is 7.39. The lowest BCUT2D eigenvalue weighted by Crippen LogP contribution is -2.41. The first-order valence-electron chi connectivity index (χ1n) is 8.52. The van der Waals surface area contributed by atoms with Crippen molar-refractivity contribution in [2.24, 2.45) is 0 Å². The fourth-order valence-electron chi connectivity index (χ4n) is 2.28. The molecule has 0 saturated carbocycles. The summed E-state index contributed by atoms with van der Waals surface area (Å²) < 4.78 is 54.1. The number of hydrogen-bond acceptors (Lipinski definition) is 3. The molecule has 156 valence electrons. The molecule has 0 bridgehead atoms. The lowest BCUT2D eigenvalue weighted by molar-refractivity contribution is -0.153. The number of halogens is 4. The van der Waals surface area contributed by atoms with Crippen LogP contribution in [0.15, 0.2) is 48.5 Å². The van der Waals surface area contributed by atoms with Gasteiger partial charge in [-0.15, -0.1) is 0 Å². The normalized spacial score (nSPS) is 12.0. The molecule has 2 aromatic rings. The van der Waals surface area contributed by atoms with Gasteiger partial charge in [0.15, 0.2) is 6.61 Å². The Labute approximate surface area is 164 Å². The molecule has 0 saturated heterocycles. The van der Waals surface area contributed by atoms with Crippen molar-refractivity contribution in [2.75, 3.05) is 18.5 Å². The van der Waals surface area contributed by atoms with E-state index in [1.54, 1.807) is 6.92 Å². The van der Waals surface area contributed by atoms with Crippen LogP contribution in [0.4, 0.5) is 28.0 Å². The van der Waals surface area contributed by atoms with Crippen LogP contribution in [-0.2, 0) is 4.79 Å². The molecule has 3 amide bonds. The van der Waals surface area contributed by atoms with Crippen LogP contribution >= 0.6 is 0 Å². The van der Waals surface area contributed by atoms with E-state index in [-0.39, 0.29) is 18.0 Å². The minimum absolute atomic E-state index is 0.0525. The van der Waals surface area contributed by atoms with Gasteiger partial charge in [0.05, 0.1) is 12.6 Å². The van der Waals surface area contributed by atoms with E-state index in [2.05, 4.69) is 20.7 Å². The Morgan fingerprint density at radius 1 is 1.10 bits per heavy atom. The van der Waals surface area contributed by atoms with E-state index in [0.29, 0.717) is 5.56 Å². The number of carbonyl (C=O) groups is 2. The Balaban J connectivity index is 1.77. The Kier molecular flexibility index (Phi) is 7.40. The summed E-state index contributed by atoms with van der Waals surface area (Å²) in [5.74, 6) is -0.988. The second-order valence-electron chi connectivity index (χ2n) is 6.08. The molecule has 6 nitrogen and oxygen atoms in total. The Hall–Kier alpha value is -3.30. The van der Waals surface area contributed by atoms with Gasteiger partial charge in [-0.1, -0.05) is 18.2 Å². The smallest absolute Gasteiger partial charge is 0.422 e. The van der Waals surface area contributed by atoms with Crippen LogP contribution < -0.4 is 20.7 Å². The number of benzene rings is 2. The molecular weight excluding hydrogens is 394 g/mol. The fraction of sp³-hybridized carbons (Fsp3) is 0.263. The van der Waals surface area contributed by atoms with E-state index in [9.17, 15) is 27.2 Å². The van der Waals surface area contributed by atoms with Gasteiger partial charge in [-0.25, -0.2) is 9.18 Å². The second-order valence-corrected chi connectivity index (χ2v) is 6.08. The van der Waals surface area contributed by atoms with Crippen LogP contribution in [0.3, 0.4) is 0 Å². The Morgan fingerprint density at radius 2 is 1.79 bits per heavy atom. The summed E-state index contributed by atoms with van der Waals surface area (Å²) in [7, 11) is 0. The lowest BCUT2D eigenvalue weighted by Gasteiger charge is -2.16. The molecule has 2 aromatic carbocycles. The number of anilines is 1. The third-order valence-corrected chi connectivity index (χ3v) is 3.65. The highest BCUT2D eigenvalue weighted by Crippen LogP contribution is 2.21. The molecule has 1 atom stereocenters. The molecule has 0 aromatic heterocycles. The molecule has 1 unspecified atom stereocenters. The van der Waals surface area contributed by atoms with Crippen molar-refractivity contribution in [1.82, 2.24) is 10.6 Å². The minimum Gasteiger partial charge on any atom is -0.484 e. The number of nitrogens with one attached hydrogen (secondary N) is 3. The van der Waals surface area contributed by atoms with Crippen LogP contribution in [0.25, 0.3) is 0 Å². The monoisotopic (exact) mass is 413 g/mol. The van der Waals surface area contributed by atoms with Crippen molar-refractivity contribution in [2.45, 2.75) is 19.1 Å². The molecule has 0 aliphatic rings. The molecular formula is C19H19F4N3O3. The number of amides is 3. The number of carbonyl (C=O) groups excluding carboxylic acids is 2. The summed E-state index contributed by atoms with van der Waals surface area (Å²) in [4.78, 5) is 23.7.